The van der Waals surface area contributed by atoms with Crippen LogP contribution < -0.4 is 40.7 Å². The molecule has 0 atom stereocenters. The van der Waals surface area contributed by atoms with Gasteiger partial charge in [-0.2, -0.15) is 30.3 Å². The van der Waals surface area contributed by atoms with E-state index in [-0.39, 0.29) is 44.3 Å². The van der Waals surface area contributed by atoms with Gasteiger partial charge in [-0.25, -0.2) is 0 Å². The van der Waals surface area contributed by atoms with Gasteiger partial charge in [-0.15, -0.1) is 5.30 Å². The second-order valence-electron chi connectivity index (χ2n) is 4.27. The van der Waals surface area contributed by atoms with E-state index in [1.165, 1.54) is 15.9 Å². The second-order valence-corrected chi connectivity index (χ2v) is 6.49. The molecule has 22 heavy (non-hydrogen) atoms. The summed E-state index contributed by atoms with van der Waals surface area (Å²) in [6.45, 7) is 0. The number of benzene rings is 3. The van der Waals surface area contributed by atoms with Crippen LogP contribution in [-0.2, 0) is 19.5 Å². The summed E-state index contributed by atoms with van der Waals surface area (Å²) in [6, 6.07) is 33.0. The molecular formula is C18H14Cl2PRu. The Morgan fingerprint density at radius 3 is 1.45 bits per heavy atom. The molecule has 3 rings (SSSR count). The maximum atomic E-state index is 3.20. The summed E-state index contributed by atoms with van der Waals surface area (Å²) in [4.78, 5) is 0. The fourth-order valence-corrected chi connectivity index (χ4v) is 4.40. The normalized spacial score (nSPS) is 9.14. The summed E-state index contributed by atoms with van der Waals surface area (Å²) in [5.41, 5.74) is 0. The van der Waals surface area contributed by atoms with Crippen molar-refractivity contribution in [1.82, 2.24) is 0 Å². The molecule has 0 bridgehead atoms. The van der Waals surface area contributed by atoms with Gasteiger partial charge in [0.05, 0.1) is 0 Å². The molecule has 0 spiro atoms. The molecule has 0 amide bonds. The summed E-state index contributed by atoms with van der Waals surface area (Å²) in [7, 11) is -0.477. The molecule has 0 aromatic heterocycles. The average Bonchev–Trinajstić information content (AvgIpc) is 2.51. The van der Waals surface area contributed by atoms with Crippen molar-refractivity contribution in [2.75, 3.05) is 0 Å². The van der Waals surface area contributed by atoms with E-state index >= 15 is 0 Å². The van der Waals surface area contributed by atoms with Crippen molar-refractivity contribution in [1.29, 1.82) is 0 Å². The first-order chi connectivity index (χ1) is 9.45. The molecule has 0 fully saturated rings. The van der Waals surface area contributed by atoms with E-state index in [1.54, 1.807) is 0 Å². The van der Waals surface area contributed by atoms with Crippen molar-refractivity contribution in [3.05, 3.63) is 91.0 Å². The zero-order valence-electron chi connectivity index (χ0n) is 11.6. The molecule has 0 aliphatic rings. The zero-order valence-corrected chi connectivity index (χ0v) is 15.8. The smallest absolute Gasteiger partial charge is 1.00 e. The molecule has 113 valence electrons. The summed E-state index contributed by atoms with van der Waals surface area (Å²) in [5.74, 6) is 0. The quantitative estimate of drug-likeness (QED) is 0.239. The maximum absolute atomic E-state index is 3.20. The number of rotatable bonds is 3. The van der Waals surface area contributed by atoms with Gasteiger partial charge in [0.25, 0.3) is 0 Å². The van der Waals surface area contributed by atoms with Crippen LogP contribution in [0.25, 0.3) is 0 Å². The minimum atomic E-state index is -0.477. The van der Waals surface area contributed by atoms with Crippen LogP contribution in [-0.4, -0.2) is 0 Å². The fourth-order valence-electron chi connectivity index (χ4n) is 2.12. The standard InChI is InChI=1S/C18H14P.2ClH.Ru/c1-4-10-16(11-5-1)19(17-12-6-2-7-13-17)18-14-8-3-9-15-18;;;/h1-8,10-15H;2*1H;/q-1;;;+3/p-2. The first-order valence-electron chi connectivity index (χ1n) is 6.31. The maximum Gasteiger partial charge on any atom is 3.00 e. The van der Waals surface area contributed by atoms with Gasteiger partial charge in [-0.3, -0.25) is 0 Å². The molecule has 0 nitrogen and oxygen atoms in total. The van der Waals surface area contributed by atoms with E-state index in [0.29, 0.717) is 0 Å². The molecule has 1 radical (unpaired) electrons. The Kier molecular flexibility index (Phi) is 10.6. The van der Waals surface area contributed by atoms with Crippen LogP contribution in [0.2, 0.25) is 0 Å². The Balaban J connectivity index is 0.00000147. The average molecular weight is 433 g/mol. The van der Waals surface area contributed by atoms with Crippen molar-refractivity contribution in [3.63, 3.8) is 0 Å². The van der Waals surface area contributed by atoms with Gasteiger partial charge in [-0.1, -0.05) is 68.6 Å². The minimum Gasteiger partial charge on any atom is -1.00 e. The molecule has 0 saturated carbocycles. The van der Waals surface area contributed by atoms with Gasteiger partial charge < -0.3 is 24.8 Å². The van der Waals surface area contributed by atoms with E-state index < -0.39 is 7.92 Å². The fraction of sp³-hybridized carbons (Fsp3) is 0. The van der Waals surface area contributed by atoms with Crippen molar-refractivity contribution in [2.24, 2.45) is 0 Å². The van der Waals surface area contributed by atoms with Crippen LogP contribution in [0.15, 0.2) is 84.9 Å². The third kappa shape index (κ3) is 5.18. The second kappa shape index (κ2) is 10.9. The summed E-state index contributed by atoms with van der Waals surface area (Å²) < 4.78 is 0. The van der Waals surface area contributed by atoms with E-state index in [4.69, 9.17) is 0 Å². The van der Waals surface area contributed by atoms with Gasteiger partial charge >= 0.3 is 19.5 Å². The SMILES string of the molecule is [Cl-].[Cl-].[Ru+3].[c-]1cccc(P(c2ccccc2)c2ccccc2)c1. The molecule has 0 unspecified atom stereocenters. The Bertz CT molecular complexity index is 539. The Hall–Kier alpha value is -0.707. The Morgan fingerprint density at radius 1 is 0.591 bits per heavy atom. The molecule has 4 heteroatoms. The third-order valence-corrected chi connectivity index (χ3v) is 5.40. The van der Waals surface area contributed by atoms with Crippen LogP contribution in [0.5, 0.6) is 0 Å². The molecule has 0 aliphatic heterocycles. The van der Waals surface area contributed by atoms with Gasteiger partial charge in [0.2, 0.25) is 0 Å². The monoisotopic (exact) mass is 433 g/mol. The largest absolute Gasteiger partial charge is 3.00 e. The topological polar surface area (TPSA) is 0 Å². The number of hydrogen-bond donors (Lipinski definition) is 0. The van der Waals surface area contributed by atoms with Crippen LogP contribution >= 0.6 is 7.92 Å². The van der Waals surface area contributed by atoms with E-state index in [2.05, 4.69) is 84.9 Å². The van der Waals surface area contributed by atoms with Crippen LogP contribution in [0.1, 0.15) is 0 Å². The summed E-state index contributed by atoms with van der Waals surface area (Å²) >= 11 is 0. The zero-order chi connectivity index (χ0) is 12.9. The van der Waals surface area contributed by atoms with Gasteiger partial charge in [0.15, 0.2) is 0 Å². The molecule has 0 saturated heterocycles. The predicted molar refractivity (Wildman–Crippen MR) is 84.0 cm³/mol. The van der Waals surface area contributed by atoms with Crippen LogP contribution in [0, 0.1) is 6.07 Å². The van der Waals surface area contributed by atoms with Gasteiger partial charge in [-0.05, 0) is 10.6 Å². The molecule has 0 heterocycles. The molecule has 0 aliphatic carbocycles. The van der Waals surface area contributed by atoms with Crippen LogP contribution in [0.4, 0.5) is 0 Å². The molecular weight excluding hydrogens is 419 g/mol. The molecule has 3 aromatic carbocycles. The summed E-state index contributed by atoms with van der Waals surface area (Å²) in [5, 5.41) is 4.10. The molecule has 0 N–H and O–H groups in total. The van der Waals surface area contributed by atoms with Crippen molar-refractivity contribution in [2.45, 2.75) is 0 Å². The van der Waals surface area contributed by atoms with Crippen molar-refractivity contribution >= 4 is 23.8 Å². The van der Waals surface area contributed by atoms with Crippen molar-refractivity contribution < 1.29 is 44.3 Å². The Morgan fingerprint density at radius 2 is 1.05 bits per heavy atom. The first kappa shape index (κ1) is 21.3. The predicted octanol–water partition coefficient (Wildman–Crippen LogP) is -2.75. The minimum absolute atomic E-state index is 0. The first-order valence-corrected chi connectivity index (χ1v) is 7.66. The van der Waals surface area contributed by atoms with E-state index in [0.717, 1.165) is 0 Å². The van der Waals surface area contributed by atoms with Gasteiger partial charge in [0.1, 0.15) is 0 Å². The van der Waals surface area contributed by atoms with Gasteiger partial charge in [0, 0.05) is 0 Å². The van der Waals surface area contributed by atoms with E-state index in [1.807, 2.05) is 6.07 Å². The van der Waals surface area contributed by atoms with E-state index in [9.17, 15) is 0 Å². The number of hydrogen-bond acceptors (Lipinski definition) is 0. The summed E-state index contributed by atoms with van der Waals surface area (Å²) in [6.07, 6.45) is 0. The van der Waals surface area contributed by atoms with Crippen molar-refractivity contribution in [3.8, 4) is 0 Å². The molecule has 3 aromatic rings. The number of halogens is 2. The van der Waals surface area contributed by atoms with Crippen LogP contribution in [0.3, 0.4) is 0 Å². The Labute approximate surface area is 158 Å². The third-order valence-electron chi connectivity index (χ3n) is 2.98.